The number of amides is 1. The summed E-state index contributed by atoms with van der Waals surface area (Å²) < 4.78 is 24.2. The van der Waals surface area contributed by atoms with Crippen LogP contribution in [-0.4, -0.2) is 21.8 Å². The molecular formula is C25H20FN3O4. The Bertz CT molecular complexity index is 1240. The molecule has 0 aliphatic rings. The zero-order valence-electron chi connectivity index (χ0n) is 17.7. The summed E-state index contributed by atoms with van der Waals surface area (Å²) in [4.78, 5) is 28.2. The monoisotopic (exact) mass is 445 g/mol. The molecule has 2 aromatic heterocycles. The molecule has 0 bridgehead atoms. The first-order chi connectivity index (χ1) is 16.0. The van der Waals surface area contributed by atoms with Gasteiger partial charge in [-0.25, -0.2) is 4.39 Å². The third-order valence-corrected chi connectivity index (χ3v) is 4.95. The van der Waals surface area contributed by atoms with Crippen LogP contribution in [0.2, 0.25) is 0 Å². The van der Waals surface area contributed by atoms with Gasteiger partial charge in [0, 0.05) is 24.0 Å². The summed E-state index contributed by atoms with van der Waals surface area (Å²) in [6.45, 7) is 1.55. The van der Waals surface area contributed by atoms with Gasteiger partial charge in [-0.15, -0.1) is 0 Å². The summed E-state index contributed by atoms with van der Waals surface area (Å²) >= 11 is 0. The summed E-state index contributed by atoms with van der Waals surface area (Å²) in [5, 5.41) is 6.74. The molecule has 0 saturated carbocycles. The lowest BCUT2D eigenvalue weighted by atomic mass is 9.99. The van der Waals surface area contributed by atoms with Crippen molar-refractivity contribution in [2.24, 2.45) is 0 Å². The topological polar surface area (TPSA) is 94.3 Å². The number of nitrogens with zero attached hydrogens (tertiary/aromatic N) is 2. The maximum atomic E-state index is 13.4. The van der Waals surface area contributed by atoms with E-state index < -0.39 is 11.9 Å². The molecule has 4 rings (SSSR count). The number of carbonyl (C=O) groups is 2. The maximum Gasteiger partial charge on any atom is 0.274 e. The Balaban J connectivity index is 1.44. The second-order valence-corrected chi connectivity index (χ2v) is 7.29. The second-order valence-electron chi connectivity index (χ2n) is 7.29. The number of ketones is 1. The molecule has 0 fully saturated rings. The smallest absolute Gasteiger partial charge is 0.274 e. The van der Waals surface area contributed by atoms with E-state index in [0.29, 0.717) is 22.6 Å². The number of hydrogen-bond donors (Lipinski definition) is 1. The molecule has 0 radical (unpaired) electrons. The van der Waals surface area contributed by atoms with Crippen LogP contribution in [0.4, 0.5) is 4.39 Å². The summed E-state index contributed by atoms with van der Waals surface area (Å²) in [7, 11) is 0. The van der Waals surface area contributed by atoms with Crippen LogP contribution in [0.15, 0.2) is 83.6 Å². The van der Waals surface area contributed by atoms with Crippen molar-refractivity contribution in [2.45, 2.75) is 19.6 Å². The van der Waals surface area contributed by atoms with Crippen molar-refractivity contribution in [2.75, 3.05) is 0 Å². The zero-order valence-corrected chi connectivity index (χ0v) is 17.7. The maximum absolute atomic E-state index is 13.4. The van der Waals surface area contributed by atoms with Crippen molar-refractivity contribution in [1.29, 1.82) is 0 Å². The highest BCUT2D eigenvalue weighted by molar-refractivity contribution is 5.94. The number of rotatable bonds is 8. The van der Waals surface area contributed by atoms with Crippen LogP contribution in [-0.2, 0) is 6.61 Å². The van der Waals surface area contributed by atoms with Crippen molar-refractivity contribution >= 4 is 11.7 Å². The normalized spacial score (nSPS) is 11.6. The molecule has 8 heteroatoms. The minimum Gasteiger partial charge on any atom is -0.486 e. The molecule has 7 nitrogen and oxygen atoms in total. The quantitative estimate of drug-likeness (QED) is 0.401. The standard InChI is InChI=1S/C25H20FN3O4/c1-16(30)17-4-8-21(9-5-17)32-15-22-14-23(29-33-22)25(31)28-24(19-10-12-27-13-11-19)18-2-6-20(26)7-3-18/h2-14,24H,15H2,1H3,(H,28,31)/t24-/m1/s1. The molecule has 0 aliphatic carbocycles. The van der Waals surface area contributed by atoms with E-state index in [9.17, 15) is 14.0 Å². The van der Waals surface area contributed by atoms with Gasteiger partial charge < -0.3 is 14.6 Å². The highest BCUT2D eigenvalue weighted by Gasteiger charge is 2.20. The first-order valence-corrected chi connectivity index (χ1v) is 10.2. The molecule has 0 unspecified atom stereocenters. The lowest BCUT2D eigenvalue weighted by Gasteiger charge is -2.19. The lowest BCUT2D eigenvalue weighted by molar-refractivity contribution is 0.0932. The molecule has 0 saturated heterocycles. The molecule has 33 heavy (non-hydrogen) atoms. The number of hydrogen-bond acceptors (Lipinski definition) is 6. The van der Waals surface area contributed by atoms with Crippen LogP contribution in [0.1, 0.15) is 50.7 Å². The molecule has 1 N–H and O–H groups in total. The number of ether oxygens (including phenoxy) is 1. The number of pyridine rings is 1. The van der Waals surface area contributed by atoms with Crippen LogP contribution < -0.4 is 10.1 Å². The Morgan fingerprint density at radius 2 is 1.67 bits per heavy atom. The third kappa shape index (κ3) is 5.48. The second kappa shape index (κ2) is 9.86. The Kier molecular flexibility index (Phi) is 6.54. The zero-order chi connectivity index (χ0) is 23.2. The largest absolute Gasteiger partial charge is 0.486 e. The third-order valence-electron chi connectivity index (χ3n) is 4.95. The van der Waals surface area contributed by atoms with E-state index in [0.717, 1.165) is 5.56 Å². The summed E-state index contributed by atoms with van der Waals surface area (Å²) in [6, 6.07) is 17.1. The molecule has 2 heterocycles. The van der Waals surface area contributed by atoms with Crippen LogP contribution in [0.3, 0.4) is 0 Å². The van der Waals surface area contributed by atoms with Gasteiger partial charge in [0.2, 0.25) is 0 Å². The van der Waals surface area contributed by atoms with Gasteiger partial charge in [0.15, 0.2) is 17.2 Å². The first-order valence-electron chi connectivity index (χ1n) is 10.2. The SMILES string of the molecule is CC(=O)c1ccc(OCc2cc(C(=O)N[C@@H](c3ccncc3)c3ccc(F)cc3)no2)cc1. The number of aromatic nitrogens is 2. The Morgan fingerprint density at radius 3 is 2.33 bits per heavy atom. The highest BCUT2D eigenvalue weighted by atomic mass is 19.1. The van der Waals surface area contributed by atoms with Crippen LogP contribution >= 0.6 is 0 Å². The van der Waals surface area contributed by atoms with Gasteiger partial charge >= 0.3 is 0 Å². The lowest BCUT2D eigenvalue weighted by Crippen LogP contribution is -2.29. The Hall–Kier alpha value is -4.33. The predicted octanol–water partition coefficient (Wildman–Crippen LogP) is 4.51. The molecular weight excluding hydrogens is 425 g/mol. The number of carbonyl (C=O) groups excluding carboxylic acids is 2. The summed E-state index contributed by atoms with van der Waals surface area (Å²) in [5.74, 6) is 0.0604. The van der Waals surface area contributed by atoms with Crippen molar-refractivity contribution < 1.29 is 23.2 Å². The molecule has 0 spiro atoms. The van der Waals surface area contributed by atoms with E-state index in [-0.39, 0.29) is 23.9 Å². The summed E-state index contributed by atoms with van der Waals surface area (Å²) in [5.41, 5.74) is 2.16. The fourth-order valence-corrected chi connectivity index (χ4v) is 3.20. The first kappa shape index (κ1) is 21.9. The van der Waals surface area contributed by atoms with E-state index >= 15 is 0 Å². The Morgan fingerprint density at radius 1 is 1.00 bits per heavy atom. The van der Waals surface area contributed by atoms with E-state index in [2.05, 4.69) is 15.5 Å². The predicted molar refractivity (Wildman–Crippen MR) is 117 cm³/mol. The van der Waals surface area contributed by atoms with Crippen molar-refractivity contribution in [1.82, 2.24) is 15.5 Å². The van der Waals surface area contributed by atoms with E-state index in [4.69, 9.17) is 9.26 Å². The Labute approximate surface area is 189 Å². The highest BCUT2D eigenvalue weighted by Crippen LogP contribution is 2.23. The fourth-order valence-electron chi connectivity index (χ4n) is 3.20. The number of Topliss-reactive ketones (excluding diaryl/α,β-unsaturated/α-hetero) is 1. The van der Waals surface area contributed by atoms with Crippen molar-refractivity contribution in [3.8, 4) is 5.75 Å². The van der Waals surface area contributed by atoms with Crippen molar-refractivity contribution in [3.05, 3.63) is 113 Å². The van der Waals surface area contributed by atoms with E-state index in [1.54, 1.807) is 60.9 Å². The van der Waals surface area contributed by atoms with Gasteiger partial charge in [0.1, 0.15) is 18.2 Å². The molecule has 1 atom stereocenters. The van der Waals surface area contributed by atoms with Gasteiger partial charge in [-0.3, -0.25) is 14.6 Å². The average Bonchev–Trinajstić information content (AvgIpc) is 3.32. The number of nitrogens with one attached hydrogen (secondary N) is 1. The van der Waals surface area contributed by atoms with E-state index in [1.807, 2.05) is 0 Å². The number of benzene rings is 2. The fraction of sp³-hybridized carbons (Fsp3) is 0.120. The number of halogens is 1. The molecule has 2 aromatic carbocycles. The van der Waals surface area contributed by atoms with Crippen LogP contribution in [0, 0.1) is 5.82 Å². The molecule has 0 aliphatic heterocycles. The minimum atomic E-state index is -0.530. The van der Waals surface area contributed by atoms with Crippen LogP contribution in [0.5, 0.6) is 5.75 Å². The van der Waals surface area contributed by atoms with Crippen molar-refractivity contribution in [3.63, 3.8) is 0 Å². The average molecular weight is 445 g/mol. The molecule has 4 aromatic rings. The molecule has 1 amide bonds. The van der Waals surface area contributed by atoms with Gasteiger partial charge in [-0.1, -0.05) is 17.3 Å². The summed E-state index contributed by atoms with van der Waals surface area (Å²) in [6.07, 6.45) is 3.24. The van der Waals surface area contributed by atoms with Gasteiger partial charge in [0.25, 0.3) is 5.91 Å². The van der Waals surface area contributed by atoms with Gasteiger partial charge in [0.05, 0.1) is 6.04 Å². The van der Waals surface area contributed by atoms with Gasteiger partial charge in [-0.2, -0.15) is 0 Å². The van der Waals surface area contributed by atoms with Gasteiger partial charge in [-0.05, 0) is 66.6 Å². The van der Waals surface area contributed by atoms with E-state index in [1.165, 1.54) is 25.1 Å². The van der Waals surface area contributed by atoms with Crippen LogP contribution in [0.25, 0.3) is 0 Å². The minimum absolute atomic E-state index is 0.0295. The molecule has 166 valence electrons.